The molecule has 1 aliphatic carbocycles. The Kier molecular flexibility index (Phi) is 6.30. The lowest BCUT2D eigenvalue weighted by atomic mass is 10.0. The molecule has 0 saturated heterocycles. The van der Waals surface area contributed by atoms with Crippen molar-refractivity contribution in [3.05, 3.63) is 47.7 Å². The molecular formula is C20H29N3O. The molecule has 0 bridgehead atoms. The third-order valence-corrected chi connectivity index (χ3v) is 4.79. The van der Waals surface area contributed by atoms with Gasteiger partial charge < -0.3 is 10.1 Å². The van der Waals surface area contributed by atoms with E-state index >= 15 is 0 Å². The number of rotatable bonds is 7. The van der Waals surface area contributed by atoms with Gasteiger partial charge in [-0.05, 0) is 31.4 Å². The minimum absolute atomic E-state index is 0.593. The molecule has 0 aliphatic heterocycles. The van der Waals surface area contributed by atoms with E-state index in [2.05, 4.69) is 28.2 Å². The van der Waals surface area contributed by atoms with Gasteiger partial charge in [0.05, 0.1) is 5.69 Å². The Bertz CT molecular complexity index is 601. The molecule has 130 valence electrons. The van der Waals surface area contributed by atoms with Crippen molar-refractivity contribution in [3.63, 3.8) is 0 Å². The van der Waals surface area contributed by atoms with Crippen LogP contribution in [0.3, 0.4) is 0 Å². The van der Waals surface area contributed by atoms with Crippen molar-refractivity contribution >= 4 is 0 Å². The predicted molar refractivity (Wildman–Crippen MR) is 97.0 cm³/mol. The fraction of sp³-hybridized carbons (Fsp3) is 0.550. The van der Waals surface area contributed by atoms with Gasteiger partial charge in [-0.2, -0.15) is 5.10 Å². The van der Waals surface area contributed by atoms with Crippen LogP contribution in [0.1, 0.15) is 49.8 Å². The van der Waals surface area contributed by atoms with Gasteiger partial charge in [0.1, 0.15) is 6.61 Å². The second-order valence-electron chi connectivity index (χ2n) is 6.82. The van der Waals surface area contributed by atoms with E-state index < -0.39 is 0 Å². The third kappa shape index (κ3) is 4.84. The first kappa shape index (κ1) is 17.0. The zero-order valence-electron chi connectivity index (χ0n) is 14.7. The zero-order chi connectivity index (χ0) is 16.6. The van der Waals surface area contributed by atoms with E-state index in [4.69, 9.17) is 9.84 Å². The Morgan fingerprint density at radius 1 is 1.12 bits per heavy atom. The highest BCUT2D eigenvalue weighted by atomic mass is 16.5. The van der Waals surface area contributed by atoms with Crippen molar-refractivity contribution in [2.45, 2.75) is 58.2 Å². The van der Waals surface area contributed by atoms with Gasteiger partial charge in [-0.15, -0.1) is 0 Å². The number of benzene rings is 1. The normalized spacial score (nSPS) is 16.0. The highest BCUT2D eigenvalue weighted by Crippen LogP contribution is 2.26. The first-order valence-electron chi connectivity index (χ1n) is 9.23. The van der Waals surface area contributed by atoms with Crippen molar-refractivity contribution in [3.8, 4) is 5.88 Å². The number of aromatic nitrogens is 2. The predicted octanol–water partition coefficient (Wildman–Crippen LogP) is 4.15. The number of nitrogens with one attached hydrogen (secondary N) is 1. The molecule has 1 saturated carbocycles. The van der Waals surface area contributed by atoms with Gasteiger partial charge in [0.25, 0.3) is 0 Å². The van der Waals surface area contributed by atoms with E-state index in [0.29, 0.717) is 6.61 Å². The molecule has 0 radical (unpaired) electrons. The fourth-order valence-electron chi connectivity index (χ4n) is 3.49. The van der Waals surface area contributed by atoms with Crippen molar-refractivity contribution in [2.24, 2.45) is 5.92 Å². The first-order chi connectivity index (χ1) is 11.8. The molecule has 0 unspecified atom stereocenters. The molecule has 1 fully saturated rings. The van der Waals surface area contributed by atoms with Crippen LogP contribution in [0.2, 0.25) is 0 Å². The standard InChI is InChI=1S/C20H29N3O/c1-21-14-19-13-20(24-16-18-11-7-4-8-12-18)23(22-19)15-17-9-5-2-3-6-10-17/h4,7-8,11-13,17,21H,2-3,5-6,9-10,14-16H2,1H3. The van der Waals surface area contributed by atoms with Crippen molar-refractivity contribution in [2.75, 3.05) is 7.05 Å². The van der Waals surface area contributed by atoms with Gasteiger partial charge in [-0.1, -0.05) is 56.0 Å². The summed E-state index contributed by atoms with van der Waals surface area (Å²) in [6.45, 7) is 2.35. The first-order valence-corrected chi connectivity index (χ1v) is 9.23. The molecule has 1 N–H and O–H groups in total. The molecule has 4 heteroatoms. The van der Waals surface area contributed by atoms with E-state index in [1.54, 1.807) is 0 Å². The molecule has 1 aromatic heterocycles. The van der Waals surface area contributed by atoms with Gasteiger partial charge in [0, 0.05) is 19.2 Å². The minimum Gasteiger partial charge on any atom is -0.473 e. The molecular weight excluding hydrogens is 298 g/mol. The number of nitrogens with zero attached hydrogens (tertiary/aromatic N) is 2. The molecule has 0 atom stereocenters. The number of hydrogen-bond donors (Lipinski definition) is 1. The molecule has 0 amide bonds. The molecule has 1 aromatic carbocycles. The van der Waals surface area contributed by atoms with Crippen LogP contribution in [0.5, 0.6) is 5.88 Å². The fourth-order valence-corrected chi connectivity index (χ4v) is 3.49. The largest absolute Gasteiger partial charge is 0.473 e. The van der Waals surface area contributed by atoms with Crippen LogP contribution >= 0.6 is 0 Å². The number of hydrogen-bond acceptors (Lipinski definition) is 3. The summed E-state index contributed by atoms with van der Waals surface area (Å²) in [5.41, 5.74) is 2.24. The molecule has 4 nitrogen and oxygen atoms in total. The maximum Gasteiger partial charge on any atom is 0.212 e. The van der Waals surface area contributed by atoms with Crippen molar-refractivity contribution in [1.29, 1.82) is 0 Å². The van der Waals surface area contributed by atoms with Gasteiger partial charge in [-0.25, -0.2) is 4.68 Å². The average molecular weight is 327 g/mol. The van der Waals surface area contributed by atoms with Crippen LogP contribution in [-0.2, 0) is 19.7 Å². The monoisotopic (exact) mass is 327 g/mol. The molecule has 3 rings (SSSR count). The summed E-state index contributed by atoms with van der Waals surface area (Å²) in [5.74, 6) is 1.63. The smallest absolute Gasteiger partial charge is 0.212 e. The summed E-state index contributed by atoms with van der Waals surface area (Å²) in [4.78, 5) is 0. The summed E-state index contributed by atoms with van der Waals surface area (Å²) in [6.07, 6.45) is 8.12. The summed E-state index contributed by atoms with van der Waals surface area (Å²) in [6, 6.07) is 12.4. The quantitative estimate of drug-likeness (QED) is 0.776. The second-order valence-corrected chi connectivity index (χ2v) is 6.82. The summed E-state index contributed by atoms with van der Waals surface area (Å²) in [5, 5.41) is 7.95. The topological polar surface area (TPSA) is 39.1 Å². The molecule has 1 heterocycles. The van der Waals surface area contributed by atoms with Gasteiger partial charge in [-0.3, -0.25) is 0 Å². The van der Waals surface area contributed by atoms with E-state index in [9.17, 15) is 0 Å². The lowest BCUT2D eigenvalue weighted by molar-refractivity contribution is 0.256. The average Bonchev–Trinajstić information content (AvgIpc) is 2.80. The summed E-state index contributed by atoms with van der Waals surface area (Å²) >= 11 is 0. The van der Waals surface area contributed by atoms with Crippen LogP contribution in [0.4, 0.5) is 0 Å². The van der Waals surface area contributed by atoms with Gasteiger partial charge in [0.15, 0.2) is 0 Å². The van der Waals surface area contributed by atoms with Crippen LogP contribution < -0.4 is 10.1 Å². The Balaban J connectivity index is 1.68. The highest BCUT2D eigenvalue weighted by Gasteiger charge is 2.17. The summed E-state index contributed by atoms with van der Waals surface area (Å²) in [7, 11) is 1.95. The Morgan fingerprint density at radius 3 is 2.58 bits per heavy atom. The number of ether oxygens (including phenoxy) is 1. The van der Waals surface area contributed by atoms with E-state index in [1.807, 2.05) is 25.2 Å². The summed E-state index contributed by atoms with van der Waals surface area (Å²) < 4.78 is 8.18. The molecule has 24 heavy (non-hydrogen) atoms. The van der Waals surface area contributed by atoms with Gasteiger partial charge in [0.2, 0.25) is 5.88 Å². The lowest BCUT2D eigenvalue weighted by Crippen LogP contribution is -2.14. The van der Waals surface area contributed by atoms with Crippen molar-refractivity contribution in [1.82, 2.24) is 15.1 Å². The molecule has 1 aliphatic rings. The maximum atomic E-state index is 6.10. The van der Waals surface area contributed by atoms with Crippen LogP contribution in [0.25, 0.3) is 0 Å². The second kappa shape index (κ2) is 8.88. The van der Waals surface area contributed by atoms with Gasteiger partial charge >= 0.3 is 0 Å². The third-order valence-electron chi connectivity index (χ3n) is 4.79. The minimum atomic E-state index is 0.593. The van der Waals surface area contributed by atoms with E-state index in [1.165, 1.54) is 44.1 Å². The van der Waals surface area contributed by atoms with E-state index in [-0.39, 0.29) is 0 Å². The Labute approximate surface area is 145 Å². The molecule has 0 spiro atoms. The molecule has 2 aromatic rings. The van der Waals surface area contributed by atoms with Crippen LogP contribution in [0, 0.1) is 5.92 Å². The Morgan fingerprint density at radius 2 is 1.88 bits per heavy atom. The van der Waals surface area contributed by atoms with Crippen LogP contribution in [-0.4, -0.2) is 16.8 Å². The van der Waals surface area contributed by atoms with Crippen molar-refractivity contribution < 1.29 is 4.74 Å². The zero-order valence-corrected chi connectivity index (χ0v) is 14.7. The SMILES string of the molecule is CNCc1cc(OCc2ccccc2)n(CC2CCCCCC2)n1. The lowest BCUT2D eigenvalue weighted by Gasteiger charge is -2.16. The maximum absolute atomic E-state index is 6.10. The highest BCUT2D eigenvalue weighted by molar-refractivity contribution is 5.19. The van der Waals surface area contributed by atoms with Crippen LogP contribution in [0.15, 0.2) is 36.4 Å². The Hall–Kier alpha value is -1.81. The van der Waals surface area contributed by atoms with E-state index in [0.717, 1.165) is 30.6 Å².